The van der Waals surface area contributed by atoms with Gasteiger partial charge in [-0.1, -0.05) is 36.7 Å². The minimum Gasteiger partial charge on any atom is -0.487 e. The van der Waals surface area contributed by atoms with Gasteiger partial charge in [-0.15, -0.1) is 0 Å². The number of rotatable bonds is 7. The minimum atomic E-state index is -4.07. The highest BCUT2D eigenvalue weighted by Crippen LogP contribution is 2.47. The lowest BCUT2D eigenvalue weighted by atomic mass is 9.63. The summed E-state index contributed by atoms with van der Waals surface area (Å²) in [5, 5.41) is -0.117. The van der Waals surface area contributed by atoms with E-state index in [0.29, 0.717) is 36.3 Å². The number of hydrogen-bond donors (Lipinski definition) is 1. The lowest BCUT2D eigenvalue weighted by molar-refractivity contribution is -0.114. The Morgan fingerprint density at radius 2 is 1.80 bits per heavy atom. The van der Waals surface area contributed by atoms with Crippen molar-refractivity contribution in [1.29, 1.82) is 0 Å². The molecule has 1 amide bonds. The van der Waals surface area contributed by atoms with Crippen LogP contribution in [0.2, 0.25) is 5.02 Å². The van der Waals surface area contributed by atoms with E-state index >= 15 is 0 Å². The van der Waals surface area contributed by atoms with Crippen LogP contribution in [-0.4, -0.2) is 107 Å². The second kappa shape index (κ2) is 18.5. The zero-order valence-electron chi connectivity index (χ0n) is 34.5. The molecule has 1 unspecified atom stereocenters. The predicted octanol–water partition coefficient (Wildman–Crippen LogP) is 7.34. The van der Waals surface area contributed by atoms with Crippen LogP contribution in [0.5, 0.6) is 5.75 Å². The van der Waals surface area contributed by atoms with Crippen molar-refractivity contribution >= 4 is 33.2 Å². The molecule has 10 nitrogen and oxygen atoms in total. The Kier molecular flexibility index (Phi) is 14.2. The molecule has 0 aromatic heterocycles. The average molecular weight is 814 g/mol. The largest absolute Gasteiger partial charge is 0.487 e. The Labute approximate surface area is 341 Å². The van der Waals surface area contributed by atoms with Gasteiger partial charge < -0.3 is 19.1 Å². The fourth-order valence-corrected chi connectivity index (χ4v) is 11.2. The van der Waals surface area contributed by atoms with Crippen molar-refractivity contribution in [3.63, 3.8) is 0 Å². The molecule has 1 aliphatic carbocycles. The number of carbonyl (C=O) groups is 1. The molecule has 2 fully saturated rings. The monoisotopic (exact) mass is 812 g/mol. The first-order chi connectivity index (χ1) is 26.7. The molecule has 12 heteroatoms. The molecule has 2 aromatic carbocycles. The molecule has 2 aromatic rings. The van der Waals surface area contributed by atoms with Gasteiger partial charge in [0.05, 0.1) is 10.9 Å². The van der Waals surface area contributed by atoms with E-state index in [0.717, 1.165) is 89.2 Å². The Hall–Kier alpha value is -2.67. The van der Waals surface area contributed by atoms with Crippen molar-refractivity contribution in [1.82, 2.24) is 14.5 Å². The highest BCUT2D eigenvalue weighted by molar-refractivity contribution is 7.90. The van der Waals surface area contributed by atoms with Gasteiger partial charge in [-0.3, -0.25) is 14.6 Å². The normalized spacial score (nSPS) is 28.8. The van der Waals surface area contributed by atoms with Crippen LogP contribution in [0.4, 0.5) is 5.69 Å². The number of nitrogens with zero attached hydrogens (tertiary/aromatic N) is 3. The summed E-state index contributed by atoms with van der Waals surface area (Å²) in [6, 6.07) is 11.3. The standard InChI is InChI=1S/C44H65ClN4O6S/c1-7-55-44(31-47-22-24-49(25-23-47)43(3,4)5)20-10-11-32(2)41(19-26-53-6)56(51,52)46-42(50)34-15-18-40-39(28-34)48(29-35-14-17-38(35)44)21-9-8-12-33-27-37(45)16-13-36(33)30-54-40/h10,13,15-16,18,20,27-28,32,35,38,41H,7-9,11-12,14,17,19,21-26,29-31H2,1-6H3,(H,46,50)/b20-10+/t32?,35-,38+,41+,44-/m0/s1. The first-order valence-corrected chi connectivity index (χ1v) is 22.8. The van der Waals surface area contributed by atoms with Gasteiger partial charge in [0.25, 0.3) is 5.91 Å². The number of fused-ring (bicyclic) bond motifs is 3. The van der Waals surface area contributed by atoms with Gasteiger partial charge in [-0.2, -0.15) is 0 Å². The van der Waals surface area contributed by atoms with Gasteiger partial charge in [0, 0.05) is 82.3 Å². The van der Waals surface area contributed by atoms with E-state index in [4.69, 9.17) is 25.8 Å². The van der Waals surface area contributed by atoms with Crippen LogP contribution in [0.15, 0.2) is 48.6 Å². The van der Waals surface area contributed by atoms with Crippen LogP contribution < -0.4 is 14.4 Å². The maximum Gasteiger partial charge on any atom is 0.264 e. The number of methoxy groups -OCH3 is 1. The van der Waals surface area contributed by atoms with Gasteiger partial charge in [-0.25, -0.2) is 13.1 Å². The summed E-state index contributed by atoms with van der Waals surface area (Å²) in [5.41, 5.74) is 2.96. The molecule has 0 radical (unpaired) electrons. The number of anilines is 1. The number of amides is 1. The molecule has 1 saturated heterocycles. The van der Waals surface area contributed by atoms with E-state index in [-0.39, 0.29) is 36.0 Å². The first kappa shape index (κ1) is 42.9. The molecular weight excluding hydrogens is 748 g/mol. The van der Waals surface area contributed by atoms with Gasteiger partial charge in [0.2, 0.25) is 10.0 Å². The smallest absolute Gasteiger partial charge is 0.264 e. The number of hydrogen-bond acceptors (Lipinski definition) is 9. The fraction of sp³-hybridized carbons (Fsp3) is 0.659. The van der Waals surface area contributed by atoms with Crippen molar-refractivity contribution in [3.8, 4) is 5.75 Å². The molecular formula is C44H65ClN4O6S. The number of carbonyl (C=O) groups excluding carboxylic acids is 1. The maximum atomic E-state index is 14.1. The molecule has 0 spiro atoms. The number of ether oxygens (including phenoxy) is 3. The average Bonchev–Trinajstić information content (AvgIpc) is 3.16. The maximum absolute atomic E-state index is 14.1. The summed E-state index contributed by atoms with van der Waals surface area (Å²) < 4.78 is 49.6. The van der Waals surface area contributed by atoms with Crippen LogP contribution in [0, 0.1) is 17.8 Å². The summed E-state index contributed by atoms with van der Waals surface area (Å²) in [6.45, 7) is 18.4. The Morgan fingerprint density at radius 1 is 1.02 bits per heavy atom. The quantitative estimate of drug-likeness (QED) is 0.288. The minimum absolute atomic E-state index is 0.124. The van der Waals surface area contributed by atoms with Crippen LogP contribution in [0.25, 0.3) is 0 Å². The van der Waals surface area contributed by atoms with E-state index in [1.807, 2.05) is 37.3 Å². The van der Waals surface area contributed by atoms with Crippen molar-refractivity contribution in [2.45, 2.75) is 103 Å². The third kappa shape index (κ3) is 10.1. The number of nitrogens with one attached hydrogen (secondary N) is 1. The molecule has 5 atom stereocenters. The van der Waals surface area contributed by atoms with Gasteiger partial charge in [0.1, 0.15) is 18.0 Å². The first-order valence-electron chi connectivity index (χ1n) is 20.9. The second-order valence-corrected chi connectivity index (χ2v) is 19.8. The van der Waals surface area contributed by atoms with Crippen LogP contribution in [0.1, 0.15) is 94.6 Å². The third-order valence-electron chi connectivity index (χ3n) is 12.7. The third-order valence-corrected chi connectivity index (χ3v) is 14.9. The molecule has 1 N–H and O–H groups in total. The highest BCUT2D eigenvalue weighted by atomic mass is 35.5. The summed E-state index contributed by atoms with van der Waals surface area (Å²) in [5.74, 6) is 0.358. The number of allylic oxidation sites excluding steroid dienone is 1. The molecule has 3 aliphatic heterocycles. The summed E-state index contributed by atoms with van der Waals surface area (Å²) in [7, 11) is -2.50. The van der Waals surface area contributed by atoms with Crippen LogP contribution in [0.3, 0.4) is 0 Å². The van der Waals surface area contributed by atoms with Gasteiger partial charge >= 0.3 is 0 Å². The molecule has 1 saturated carbocycles. The molecule has 56 heavy (non-hydrogen) atoms. The lowest BCUT2D eigenvalue weighted by Crippen LogP contribution is -2.60. The fourth-order valence-electron chi connectivity index (χ4n) is 9.36. The van der Waals surface area contributed by atoms with E-state index in [2.05, 4.69) is 59.3 Å². The summed E-state index contributed by atoms with van der Waals surface area (Å²) >= 11 is 6.43. The molecule has 3 heterocycles. The number of halogens is 1. The van der Waals surface area contributed by atoms with Gasteiger partial charge in [0.15, 0.2) is 0 Å². The molecule has 2 bridgehead atoms. The van der Waals surface area contributed by atoms with Crippen molar-refractivity contribution in [3.05, 3.63) is 70.3 Å². The Balaban J connectivity index is 1.41. The van der Waals surface area contributed by atoms with Crippen LogP contribution >= 0.6 is 11.6 Å². The highest BCUT2D eigenvalue weighted by Gasteiger charge is 2.49. The van der Waals surface area contributed by atoms with Crippen molar-refractivity contribution in [2.75, 3.05) is 71.0 Å². The predicted molar refractivity (Wildman–Crippen MR) is 225 cm³/mol. The molecule has 4 aliphatic rings. The number of benzene rings is 2. The van der Waals surface area contributed by atoms with Crippen molar-refractivity contribution in [2.24, 2.45) is 17.8 Å². The molecule has 6 rings (SSSR count). The number of aryl methyl sites for hydroxylation is 1. The number of sulfonamides is 1. The SMILES string of the molecule is CCO[C@]1(CN2CCN(C(C)(C)C)CC2)/C=C/CC(C)[C@@H](CCOC)S(=O)(=O)NC(=O)c2ccc3c(c2)N(CCCCc2cc(Cl)ccc2CO3)C[C@@H]2CC[C@H]21. The van der Waals surface area contributed by atoms with Crippen molar-refractivity contribution < 1.29 is 27.4 Å². The number of piperazine rings is 1. The van der Waals surface area contributed by atoms with E-state index in [1.54, 1.807) is 13.2 Å². The Bertz CT molecular complexity index is 1790. The summed E-state index contributed by atoms with van der Waals surface area (Å²) in [6.07, 6.45) is 10.2. The van der Waals surface area contributed by atoms with Gasteiger partial charge in [-0.05, 0) is 132 Å². The van der Waals surface area contributed by atoms with E-state index in [1.165, 1.54) is 5.56 Å². The second-order valence-electron chi connectivity index (χ2n) is 17.5. The topological polar surface area (TPSA) is 101 Å². The molecule has 310 valence electrons. The summed E-state index contributed by atoms with van der Waals surface area (Å²) in [4.78, 5) is 21.4. The van der Waals surface area contributed by atoms with Crippen LogP contribution in [-0.2, 0) is 32.5 Å². The Morgan fingerprint density at radius 3 is 2.50 bits per heavy atom. The zero-order valence-corrected chi connectivity index (χ0v) is 36.1. The zero-order chi connectivity index (χ0) is 40.1. The van der Waals surface area contributed by atoms with E-state index < -0.39 is 26.8 Å². The van der Waals surface area contributed by atoms with E-state index in [9.17, 15) is 13.2 Å². The lowest BCUT2D eigenvalue weighted by Gasteiger charge is -2.52.